The Kier molecular flexibility index (Phi) is 3.16. The van der Waals surface area contributed by atoms with E-state index in [9.17, 15) is 4.79 Å². The van der Waals surface area contributed by atoms with Crippen LogP contribution in [-0.4, -0.2) is 21.0 Å². The second-order valence-corrected chi connectivity index (χ2v) is 5.28. The molecule has 2 aromatic heterocycles. The van der Waals surface area contributed by atoms with Gasteiger partial charge in [-0.05, 0) is 28.1 Å². The molecule has 0 saturated heterocycles. The van der Waals surface area contributed by atoms with Crippen molar-refractivity contribution >= 4 is 44.1 Å². The summed E-state index contributed by atoms with van der Waals surface area (Å²) in [4.78, 5) is 18.5. The number of anilines is 2. The Hall–Kier alpha value is -1.47. The molecule has 0 saturated carbocycles. The fraction of sp³-hybridized carbons (Fsp3) is 0. The van der Waals surface area contributed by atoms with Gasteiger partial charge in [0.05, 0.1) is 8.79 Å². The topological polar surface area (TPSA) is 75.1 Å². The second-order valence-electron chi connectivity index (χ2n) is 2.82. The summed E-state index contributed by atoms with van der Waals surface area (Å²) >= 11 is 4.78. The van der Waals surface area contributed by atoms with Crippen LogP contribution >= 0.6 is 27.3 Å². The molecule has 2 aromatic rings. The molecule has 0 fully saturated rings. The Morgan fingerprint density at radius 2 is 2.31 bits per heavy atom. The first-order valence-electron chi connectivity index (χ1n) is 4.22. The summed E-state index contributed by atoms with van der Waals surface area (Å²) in [5.74, 6) is -0.768. The molecule has 2 heterocycles. The molecule has 0 radical (unpaired) electrons. The molecule has 5 nitrogen and oxygen atoms in total. The van der Waals surface area contributed by atoms with Gasteiger partial charge in [-0.3, -0.25) is 0 Å². The van der Waals surface area contributed by atoms with Crippen molar-refractivity contribution in [1.82, 2.24) is 9.97 Å². The van der Waals surface area contributed by atoms with Crippen LogP contribution in [0.5, 0.6) is 0 Å². The average Bonchev–Trinajstić information content (AvgIpc) is 2.64. The van der Waals surface area contributed by atoms with Crippen LogP contribution in [0.4, 0.5) is 10.8 Å². The molecule has 0 aliphatic carbocycles. The largest absolute Gasteiger partial charge is 0.477 e. The Morgan fingerprint density at radius 1 is 1.50 bits per heavy atom. The first-order valence-corrected chi connectivity index (χ1v) is 5.83. The van der Waals surface area contributed by atoms with Crippen LogP contribution in [0.2, 0.25) is 0 Å². The molecule has 16 heavy (non-hydrogen) atoms. The standard InChI is InChI=1S/C9H6BrN3O2S/c10-6-1-2-7(16-6)13-8-5(9(14)15)3-11-4-12-8/h1-4H,(H,14,15)(H,11,12,13). The van der Waals surface area contributed by atoms with E-state index in [1.807, 2.05) is 12.1 Å². The van der Waals surface area contributed by atoms with E-state index in [0.717, 1.165) is 8.79 Å². The lowest BCUT2D eigenvalue weighted by molar-refractivity contribution is 0.0697. The minimum absolute atomic E-state index is 0.0482. The number of carbonyl (C=O) groups is 1. The summed E-state index contributed by atoms with van der Waals surface area (Å²) in [7, 11) is 0. The van der Waals surface area contributed by atoms with Crippen molar-refractivity contribution in [3.05, 3.63) is 34.0 Å². The highest BCUT2D eigenvalue weighted by atomic mass is 79.9. The number of thiophene rings is 1. The monoisotopic (exact) mass is 299 g/mol. The minimum Gasteiger partial charge on any atom is -0.477 e. The fourth-order valence-electron chi connectivity index (χ4n) is 1.08. The van der Waals surface area contributed by atoms with Gasteiger partial charge < -0.3 is 10.4 Å². The molecule has 0 amide bonds. The van der Waals surface area contributed by atoms with Gasteiger partial charge in [-0.2, -0.15) is 0 Å². The number of hydrogen-bond acceptors (Lipinski definition) is 5. The zero-order valence-corrected chi connectivity index (χ0v) is 10.2. The number of halogens is 1. The summed E-state index contributed by atoms with van der Waals surface area (Å²) < 4.78 is 0.959. The quantitative estimate of drug-likeness (QED) is 0.911. The molecule has 0 aromatic carbocycles. The van der Waals surface area contributed by atoms with E-state index in [-0.39, 0.29) is 11.4 Å². The minimum atomic E-state index is -1.06. The molecule has 2 N–H and O–H groups in total. The Labute approximate surface area is 103 Å². The summed E-state index contributed by atoms with van der Waals surface area (Å²) in [6.07, 6.45) is 2.57. The molecule has 82 valence electrons. The van der Waals surface area contributed by atoms with E-state index >= 15 is 0 Å². The highest BCUT2D eigenvalue weighted by Crippen LogP contribution is 2.29. The van der Waals surface area contributed by atoms with Crippen molar-refractivity contribution in [2.24, 2.45) is 0 Å². The third-order valence-corrected chi connectivity index (χ3v) is 3.30. The highest BCUT2D eigenvalue weighted by Gasteiger charge is 2.11. The van der Waals surface area contributed by atoms with E-state index in [2.05, 4.69) is 31.2 Å². The van der Waals surface area contributed by atoms with Crippen molar-refractivity contribution in [2.45, 2.75) is 0 Å². The fourth-order valence-corrected chi connectivity index (χ4v) is 2.37. The molecule has 0 unspecified atom stereocenters. The van der Waals surface area contributed by atoms with Gasteiger partial charge in [0.25, 0.3) is 0 Å². The van der Waals surface area contributed by atoms with Crippen molar-refractivity contribution in [3.8, 4) is 0 Å². The molecule has 0 aliphatic heterocycles. The van der Waals surface area contributed by atoms with E-state index in [1.165, 1.54) is 23.9 Å². The maximum atomic E-state index is 10.9. The van der Waals surface area contributed by atoms with E-state index in [1.54, 1.807) is 0 Å². The summed E-state index contributed by atoms with van der Waals surface area (Å²) in [6, 6.07) is 3.71. The van der Waals surface area contributed by atoms with E-state index in [0.29, 0.717) is 0 Å². The lowest BCUT2D eigenvalue weighted by Gasteiger charge is -2.04. The van der Waals surface area contributed by atoms with Gasteiger partial charge in [-0.25, -0.2) is 14.8 Å². The van der Waals surface area contributed by atoms with E-state index < -0.39 is 5.97 Å². The number of nitrogens with one attached hydrogen (secondary N) is 1. The third-order valence-electron chi connectivity index (χ3n) is 1.76. The molecule has 0 spiro atoms. The number of rotatable bonds is 3. The Morgan fingerprint density at radius 3 is 2.94 bits per heavy atom. The van der Waals surface area contributed by atoms with Crippen LogP contribution in [0.1, 0.15) is 10.4 Å². The zero-order chi connectivity index (χ0) is 11.5. The molecule has 2 rings (SSSR count). The molecular formula is C9H6BrN3O2S. The van der Waals surface area contributed by atoms with Crippen molar-refractivity contribution < 1.29 is 9.90 Å². The number of nitrogens with zero attached hydrogens (tertiary/aromatic N) is 2. The van der Waals surface area contributed by atoms with E-state index in [4.69, 9.17) is 5.11 Å². The number of carboxylic acid groups (broad SMARTS) is 1. The van der Waals surface area contributed by atoms with Gasteiger partial charge in [0, 0.05) is 6.20 Å². The maximum absolute atomic E-state index is 10.9. The van der Waals surface area contributed by atoms with Crippen molar-refractivity contribution in [1.29, 1.82) is 0 Å². The van der Waals surface area contributed by atoms with Gasteiger partial charge >= 0.3 is 5.97 Å². The predicted molar refractivity (Wildman–Crippen MR) is 64.3 cm³/mol. The summed E-state index contributed by atoms with van der Waals surface area (Å²) in [6.45, 7) is 0. The average molecular weight is 300 g/mol. The van der Waals surface area contributed by atoms with Gasteiger partial charge in [0.15, 0.2) is 0 Å². The molecule has 7 heteroatoms. The number of aromatic nitrogens is 2. The highest BCUT2D eigenvalue weighted by molar-refractivity contribution is 9.11. The second kappa shape index (κ2) is 4.58. The van der Waals surface area contributed by atoms with Crippen LogP contribution in [0, 0.1) is 0 Å². The van der Waals surface area contributed by atoms with Crippen LogP contribution < -0.4 is 5.32 Å². The summed E-state index contributed by atoms with van der Waals surface area (Å²) in [5, 5.41) is 12.7. The molecule has 0 aliphatic rings. The third kappa shape index (κ3) is 2.37. The van der Waals surface area contributed by atoms with Crippen LogP contribution in [-0.2, 0) is 0 Å². The van der Waals surface area contributed by atoms with Gasteiger partial charge in [0.1, 0.15) is 17.7 Å². The van der Waals surface area contributed by atoms with Crippen LogP contribution in [0.25, 0.3) is 0 Å². The first-order chi connectivity index (χ1) is 7.66. The number of aromatic carboxylic acids is 1. The van der Waals surface area contributed by atoms with Crippen LogP contribution in [0.3, 0.4) is 0 Å². The smallest absolute Gasteiger partial charge is 0.341 e. The molecule has 0 atom stereocenters. The maximum Gasteiger partial charge on any atom is 0.341 e. The lowest BCUT2D eigenvalue weighted by atomic mass is 10.3. The van der Waals surface area contributed by atoms with Crippen molar-refractivity contribution in [3.63, 3.8) is 0 Å². The van der Waals surface area contributed by atoms with Crippen LogP contribution in [0.15, 0.2) is 28.4 Å². The lowest BCUT2D eigenvalue weighted by Crippen LogP contribution is -2.04. The van der Waals surface area contributed by atoms with Crippen molar-refractivity contribution in [2.75, 3.05) is 5.32 Å². The predicted octanol–water partition coefficient (Wildman–Crippen LogP) is 2.74. The Bertz CT molecular complexity index is 529. The van der Waals surface area contributed by atoms with Gasteiger partial charge in [-0.1, -0.05) is 0 Å². The first kappa shape index (κ1) is 11.0. The molecule has 0 bridgehead atoms. The number of carboxylic acids is 1. The normalized spacial score (nSPS) is 10.1. The SMILES string of the molecule is O=C(O)c1cncnc1Nc1ccc(Br)s1. The number of hydrogen-bond donors (Lipinski definition) is 2. The Balaban J connectivity index is 2.31. The summed E-state index contributed by atoms with van der Waals surface area (Å²) in [5.41, 5.74) is 0.0482. The van der Waals surface area contributed by atoms with Gasteiger partial charge in [-0.15, -0.1) is 11.3 Å². The zero-order valence-electron chi connectivity index (χ0n) is 7.85. The molecular weight excluding hydrogens is 294 g/mol. The van der Waals surface area contributed by atoms with Gasteiger partial charge in [0.2, 0.25) is 0 Å².